The molecule has 1 aromatic carbocycles. The molecule has 16 heavy (non-hydrogen) atoms. The first kappa shape index (κ1) is 9.23. The van der Waals surface area contributed by atoms with Crippen molar-refractivity contribution in [2.45, 2.75) is 0 Å². The van der Waals surface area contributed by atoms with Crippen LogP contribution in [-0.4, -0.2) is 9.97 Å². The maximum Gasteiger partial charge on any atom is 0.323 e. The van der Waals surface area contributed by atoms with Gasteiger partial charge in [0.25, 0.3) is 0 Å². The van der Waals surface area contributed by atoms with Gasteiger partial charge in [0.15, 0.2) is 0 Å². The predicted octanol–water partition coefficient (Wildman–Crippen LogP) is 2.17. The highest BCUT2D eigenvalue weighted by molar-refractivity contribution is 7.13. The molecule has 4 nitrogen and oxygen atoms in total. The molecule has 3 rings (SSSR count). The van der Waals surface area contributed by atoms with Crippen LogP contribution in [0.5, 0.6) is 0 Å². The average molecular weight is 231 g/mol. The lowest BCUT2D eigenvalue weighted by Gasteiger charge is -2.02. The number of nitrogen functional groups attached to an aromatic ring is 1. The Bertz CT molecular complexity index is 694. The van der Waals surface area contributed by atoms with Crippen LogP contribution in [0.25, 0.3) is 21.5 Å². The summed E-state index contributed by atoms with van der Waals surface area (Å²) in [7, 11) is 0. The number of nitrogens with one attached hydrogen (secondary N) is 2. The molecule has 4 N–H and O–H groups in total. The summed E-state index contributed by atoms with van der Waals surface area (Å²) in [6.07, 6.45) is 0. The van der Waals surface area contributed by atoms with Crippen molar-refractivity contribution in [1.82, 2.24) is 9.97 Å². The molecule has 0 unspecified atom stereocenters. The average Bonchev–Trinajstić information content (AvgIpc) is 2.83. The minimum Gasteiger partial charge on any atom is -0.398 e. The molecule has 0 amide bonds. The fourth-order valence-electron chi connectivity index (χ4n) is 1.74. The zero-order valence-corrected chi connectivity index (χ0v) is 9.10. The van der Waals surface area contributed by atoms with Crippen molar-refractivity contribution in [2.75, 3.05) is 5.73 Å². The van der Waals surface area contributed by atoms with Gasteiger partial charge >= 0.3 is 5.69 Å². The Labute approximate surface area is 94.7 Å². The molecule has 3 aromatic rings. The third-order valence-corrected chi connectivity index (χ3v) is 3.38. The van der Waals surface area contributed by atoms with Gasteiger partial charge < -0.3 is 15.7 Å². The maximum absolute atomic E-state index is 11.1. The van der Waals surface area contributed by atoms with E-state index in [4.69, 9.17) is 5.73 Å². The molecule has 0 saturated carbocycles. The third kappa shape index (κ3) is 1.33. The molecule has 0 spiro atoms. The SMILES string of the molecule is Nc1cc2[nH]c(=O)[nH]c2cc1-c1cccs1. The van der Waals surface area contributed by atoms with Gasteiger partial charge in [-0.2, -0.15) is 0 Å². The molecule has 0 atom stereocenters. The first-order chi connectivity index (χ1) is 7.74. The summed E-state index contributed by atoms with van der Waals surface area (Å²) in [5, 5.41) is 2.00. The zero-order valence-electron chi connectivity index (χ0n) is 8.28. The highest BCUT2D eigenvalue weighted by Crippen LogP contribution is 2.31. The zero-order chi connectivity index (χ0) is 11.1. The van der Waals surface area contributed by atoms with Crippen molar-refractivity contribution >= 4 is 28.1 Å². The van der Waals surface area contributed by atoms with E-state index in [0.29, 0.717) is 5.69 Å². The first-order valence-electron chi connectivity index (χ1n) is 4.79. The molecule has 2 aromatic heterocycles. The van der Waals surface area contributed by atoms with E-state index in [2.05, 4.69) is 9.97 Å². The number of benzene rings is 1. The summed E-state index contributed by atoms with van der Waals surface area (Å²) in [5.74, 6) is 0. The van der Waals surface area contributed by atoms with Crippen molar-refractivity contribution in [1.29, 1.82) is 0 Å². The molecular formula is C11H9N3OS. The smallest absolute Gasteiger partial charge is 0.323 e. The third-order valence-electron chi connectivity index (χ3n) is 2.47. The fourth-order valence-corrected chi connectivity index (χ4v) is 2.51. The van der Waals surface area contributed by atoms with E-state index in [1.165, 1.54) is 0 Å². The number of nitrogens with two attached hydrogens (primary N) is 1. The predicted molar refractivity (Wildman–Crippen MR) is 66.6 cm³/mol. The van der Waals surface area contributed by atoms with E-state index in [0.717, 1.165) is 21.5 Å². The van der Waals surface area contributed by atoms with E-state index >= 15 is 0 Å². The Hall–Kier alpha value is -2.01. The molecule has 0 bridgehead atoms. The number of anilines is 1. The van der Waals surface area contributed by atoms with Crippen LogP contribution >= 0.6 is 11.3 Å². The van der Waals surface area contributed by atoms with Gasteiger partial charge in [-0.15, -0.1) is 11.3 Å². The minimum atomic E-state index is -0.210. The largest absolute Gasteiger partial charge is 0.398 e. The van der Waals surface area contributed by atoms with E-state index in [-0.39, 0.29) is 5.69 Å². The van der Waals surface area contributed by atoms with Crippen molar-refractivity contribution in [2.24, 2.45) is 0 Å². The summed E-state index contributed by atoms with van der Waals surface area (Å²) < 4.78 is 0. The summed E-state index contributed by atoms with van der Waals surface area (Å²) in [5.41, 5.74) is 8.89. The number of imidazole rings is 1. The second kappa shape index (κ2) is 3.24. The maximum atomic E-state index is 11.1. The number of aromatic amines is 2. The fraction of sp³-hybridized carbons (Fsp3) is 0. The van der Waals surface area contributed by atoms with Gasteiger partial charge in [-0.1, -0.05) is 6.07 Å². The number of fused-ring (bicyclic) bond motifs is 1. The molecular weight excluding hydrogens is 222 g/mol. The molecule has 2 heterocycles. The highest BCUT2D eigenvalue weighted by atomic mass is 32.1. The quantitative estimate of drug-likeness (QED) is 0.561. The van der Waals surface area contributed by atoms with E-state index in [1.807, 2.05) is 23.6 Å². The second-order valence-corrected chi connectivity index (χ2v) is 4.49. The Morgan fingerprint density at radius 3 is 2.62 bits per heavy atom. The number of rotatable bonds is 1. The molecule has 0 saturated heterocycles. The van der Waals surface area contributed by atoms with Crippen molar-refractivity contribution in [3.8, 4) is 10.4 Å². The first-order valence-corrected chi connectivity index (χ1v) is 5.67. The van der Waals surface area contributed by atoms with Gasteiger partial charge in [0.05, 0.1) is 11.0 Å². The van der Waals surface area contributed by atoms with Gasteiger partial charge in [-0.3, -0.25) is 0 Å². The number of H-pyrrole nitrogens is 2. The van der Waals surface area contributed by atoms with Gasteiger partial charge in [-0.25, -0.2) is 4.79 Å². The van der Waals surface area contributed by atoms with Crippen molar-refractivity contribution < 1.29 is 0 Å². The van der Waals surface area contributed by atoms with E-state index in [9.17, 15) is 4.79 Å². The molecule has 5 heteroatoms. The van der Waals surface area contributed by atoms with Crippen LogP contribution in [-0.2, 0) is 0 Å². The number of hydrogen-bond donors (Lipinski definition) is 3. The Morgan fingerprint density at radius 1 is 1.19 bits per heavy atom. The van der Waals surface area contributed by atoms with Crippen LogP contribution in [0.3, 0.4) is 0 Å². The standard InChI is InChI=1S/C11H9N3OS/c12-7-5-9-8(13-11(15)14-9)4-6(7)10-2-1-3-16-10/h1-5H,12H2,(H2,13,14,15). The minimum absolute atomic E-state index is 0.210. The lowest BCUT2D eigenvalue weighted by atomic mass is 10.1. The van der Waals surface area contributed by atoms with Crippen LogP contribution < -0.4 is 11.4 Å². The summed E-state index contributed by atoms with van der Waals surface area (Å²) in [4.78, 5) is 17.7. The van der Waals surface area contributed by atoms with Crippen LogP contribution in [0.4, 0.5) is 5.69 Å². The summed E-state index contributed by atoms with van der Waals surface area (Å²) in [6.45, 7) is 0. The summed E-state index contributed by atoms with van der Waals surface area (Å²) in [6, 6.07) is 7.66. The van der Waals surface area contributed by atoms with Gasteiger partial charge in [0.2, 0.25) is 0 Å². The van der Waals surface area contributed by atoms with Crippen LogP contribution in [0, 0.1) is 0 Å². The Morgan fingerprint density at radius 2 is 1.94 bits per heavy atom. The van der Waals surface area contributed by atoms with E-state index < -0.39 is 0 Å². The van der Waals surface area contributed by atoms with Crippen LogP contribution in [0.15, 0.2) is 34.4 Å². The topological polar surface area (TPSA) is 74.7 Å². The Balaban J connectivity index is 2.33. The number of thiophene rings is 1. The van der Waals surface area contributed by atoms with Gasteiger partial charge in [-0.05, 0) is 23.6 Å². The van der Waals surface area contributed by atoms with Gasteiger partial charge in [0, 0.05) is 16.1 Å². The van der Waals surface area contributed by atoms with Crippen molar-refractivity contribution in [3.05, 3.63) is 40.1 Å². The summed E-state index contributed by atoms with van der Waals surface area (Å²) >= 11 is 1.62. The second-order valence-electron chi connectivity index (χ2n) is 3.54. The van der Waals surface area contributed by atoms with E-state index in [1.54, 1.807) is 17.4 Å². The number of hydrogen-bond acceptors (Lipinski definition) is 3. The van der Waals surface area contributed by atoms with Gasteiger partial charge in [0.1, 0.15) is 0 Å². The van der Waals surface area contributed by atoms with Crippen LogP contribution in [0.2, 0.25) is 0 Å². The highest BCUT2D eigenvalue weighted by Gasteiger charge is 2.07. The molecule has 0 radical (unpaired) electrons. The normalized spacial score (nSPS) is 11.0. The molecule has 0 aliphatic rings. The Kier molecular flexibility index (Phi) is 1.87. The monoisotopic (exact) mass is 231 g/mol. The molecule has 0 aliphatic heterocycles. The number of aromatic nitrogens is 2. The van der Waals surface area contributed by atoms with Crippen LogP contribution in [0.1, 0.15) is 0 Å². The lowest BCUT2D eigenvalue weighted by Crippen LogP contribution is -1.99. The molecule has 0 fully saturated rings. The molecule has 0 aliphatic carbocycles. The molecule has 80 valence electrons. The lowest BCUT2D eigenvalue weighted by molar-refractivity contribution is 1.22. The van der Waals surface area contributed by atoms with Crippen molar-refractivity contribution in [3.63, 3.8) is 0 Å².